The molecule has 1 amide bonds. The number of aromatic amines is 1. The highest BCUT2D eigenvalue weighted by atomic mass is 79.9. The van der Waals surface area contributed by atoms with Crippen LogP contribution in [0.5, 0.6) is 0 Å². The van der Waals surface area contributed by atoms with Gasteiger partial charge in [-0.05, 0) is 52.3 Å². The summed E-state index contributed by atoms with van der Waals surface area (Å²) in [4.78, 5) is 15.4. The Balaban J connectivity index is 1.93. The average molecular weight is 365 g/mol. The molecule has 106 valence electrons. The lowest BCUT2D eigenvalue weighted by atomic mass is 10.1. The molecule has 0 radical (unpaired) electrons. The van der Waals surface area contributed by atoms with Crippen molar-refractivity contribution in [2.24, 2.45) is 0 Å². The molecule has 3 rings (SSSR count). The molecule has 0 aliphatic rings. The van der Waals surface area contributed by atoms with Crippen molar-refractivity contribution in [2.75, 3.05) is 11.1 Å². The molecule has 1 heterocycles. The molecule has 1 aromatic heterocycles. The summed E-state index contributed by atoms with van der Waals surface area (Å²) in [5, 5.41) is 4.14. The second-order valence-corrected chi connectivity index (χ2v) is 5.85. The van der Waals surface area contributed by atoms with E-state index in [1.54, 1.807) is 36.5 Å². The second kappa shape index (κ2) is 5.42. The standard InChI is InChI=1S/C15H11BrClN3O/c16-12-3-2-9(6-13(12)17)20-15(21)11-7-19-14-4-1-8(18)5-10(11)14/h1-7,19H,18H2,(H,20,21). The number of carbonyl (C=O) groups excluding carboxylic acids is 1. The van der Waals surface area contributed by atoms with Gasteiger partial charge in [0.1, 0.15) is 0 Å². The smallest absolute Gasteiger partial charge is 0.257 e. The van der Waals surface area contributed by atoms with Crippen LogP contribution < -0.4 is 11.1 Å². The number of benzene rings is 2. The largest absolute Gasteiger partial charge is 0.399 e. The van der Waals surface area contributed by atoms with Crippen molar-refractivity contribution in [1.82, 2.24) is 4.98 Å². The van der Waals surface area contributed by atoms with E-state index in [0.717, 1.165) is 15.4 Å². The van der Waals surface area contributed by atoms with Gasteiger partial charge < -0.3 is 16.0 Å². The number of halogens is 2. The Morgan fingerprint density at radius 2 is 2.05 bits per heavy atom. The molecule has 6 heteroatoms. The Bertz CT molecular complexity index is 844. The number of nitrogens with one attached hydrogen (secondary N) is 2. The molecule has 0 spiro atoms. The van der Waals surface area contributed by atoms with Gasteiger partial charge in [-0.1, -0.05) is 11.6 Å². The third-order valence-corrected chi connectivity index (χ3v) is 4.36. The quantitative estimate of drug-likeness (QED) is 0.589. The van der Waals surface area contributed by atoms with E-state index < -0.39 is 0 Å². The van der Waals surface area contributed by atoms with Gasteiger partial charge in [-0.2, -0.15) is 0 Å². The number of carbonyl (C=O) groups is 1. The van der Waals surface area contributed by atoms with Crippen LogP contribution in [0.3, 0.4) is 0 Å². The Kier molecular flexibility index (Phi) is 3.61. The zero-order valence-electron chi connectivity index (χ0n) is 10.8. The highest BCUT2D eigenvalue weighted by molar-refractivity contribution is 9.10. The Morgan fingerprint density at radius 3 is 2.81 bits per heavy atom. The van der Waals surface area contributed by atoms with E-state index in [1.165, 1.54) is 0 Å². The van der Waals surface area contributed by atoms with Crippen molar-refractivity contribution < 1.29 is 4.79 Å². The predicted octanol–water partition coefficient (Wildman–Crippen LogP) is 4.42. The number of hydrogen-bond donors (Lipinski definition) is 3. The van der Waals surface area contributed by atoms with Crippen molar-refractivity contribution in [3.05, 3.63) is 57.7 Å². The highest BCUT2D eigenvalue weighted by Gasteiger charge is 2.13. The summed E-state index contributed by atoms with van der Waals surface area (Å²) in [6.45, 7) is 0. The Morgan fingerprint density at radius 1 is 1.24 bits per heavy atom. The number of fused-ring (bicyclic) bond motifs is 1. The zero-order valence-corrected chi connectivity index (χ0v) is 13.1. The van der Waals surface area contributed by atoms with Crippen LogP contribution >= 0.6 is 27.5 Å². The number of aromatic nitrogens is 1. The molecule has 0 fully saturated rings. The summed E-state index contributed by atoms with van der Waals surface area (Å²) in [6, 6.07) is 10.7. The molecule has 0 atom stereocenters. The number of nitrogens with two attached hydrogens (primary N) is 1. The number of H-pyrrole nitrogens is 1. The van der Waals surface area contributed by atoms with Gasteiger partial charge in [0.05, 0.1) is 10.6 Å². The van der Waals surface area contributed by atoms with Gasteiger partial charge in [0.15, 0.2) is 0 Å². The molecular weight excluding hydrogens is 354 g/mol. The van der Waals surface area contributed by atoms with Crippen molar-refractivity contribution in [3.63, 3.8) is 0 Å². The van der Waals surface area contributed by atoms with E-state index in [9.17, 15) is 4.79 Å². The molecule has 0 bridgehead atoms. The monoisotopic (exact) mass is 363 g/mol. The summed E-state index contributed by atoms with van der Waals surface area (Å²) in [5.74, 6) is -0.217. The Hall–Kier alpha value is -1.98. The third kappa shape index (κ3) is 2.75. The van der Waals surface area contributed by atoms with Crippen LogP contribution in [0.4, 0.5) is 11.4 Å². The number of hydrogen-bond acceptors (Lipinski definition) is 2. The maximum atomic E-state index is 12.4. The molecule has 0 saturated carbocycles. The van der Waals surface area contributed by atoms with Gasteiger partial charge >= 0.3 is 0 Å². The lowest BCUT2D eigenvalue weighted by molar-refractivity contribution is 0.102. The van der Waals surface area contributed by atoms with Crippen LogP contribution in [-0.2, 0) is 0 Å². The average Bonchev–Trinajstić information content (AvgIpc) is 2.86. The van der Waals surface area contributed by atoms with Crippen LogP contribution in [0.25, 0.3) is 10.9 Å². The number of rotatable bonds is 2. The van der Waals surface area contributed by atoms with Crippen molar-refractivity contribution in [2.45, 2.75) is 0 Å². The topological polar surface area (TPSA) is 70.9 Å². The molecule has 4 nitrogen and oxygen atoms in total. The summed E-state index contributed by atoms with van der Waals surface area (Å²) >= 11 is 9.33. The lowest BCUT2D eigenvalue weighted by Crippen LogP contribution is -2.11. The fourth-order valence-corrected chi connectivity index (χ4v) is 2.53. The minimum Gasteiger partial charge on any atom is -0.399 e. The van der Waals surface area contributed by atoms with Crippen LogP contribution in [0.2, 0.25) is 5.02 Å². The summed E-state index contributed by atoms with van der Waals surface area (Å²) in [5.41, 5.74) is 8.42. The van der Waals surface area contributed by atoms with Crippen molar-refractivity contribution in [1.29, 1.82) is 0 Å². The molecule has 2 aromatic carbocycles. The minimum atomic E-state index is -0.217. The van der Waals surface area contributed by atoms with E-state index in [-0.39, 0.29) is 5.91 Å². The Labute approximate surface area is 134 Å². The SMILES string of the molecule is Nc1ccc2[nH]cc(C(=O)Nc3ccc(Br)c(Cl)c3)c2c1. The van der Waals surface area contributed by atoms with Crippen LogP contribution in [0.15, 0.2) is 47.1 Å². The van der Waals surface area contributed by atoms with Gasteiger partial charge in [0.25, 0.3) is 5.91 Å². The summed E-state index contributed by atoms with van der Waals surface area (Å²) < 4.78 is 0.780. The third-order valence-electron chi connectivity index (χ3n) is 3.13. The highest BCUT2D eigenvalue weighted by Crippen LogP contribution is 2.27. The first kappa shape index (κ1) is 14.0. The van der Waals surface area contributed by atoms with E-state index >= 15 is 0 Å². The normalized spacial score (nSPS) is 10.8. The van der Waals surface area contributed by atoms with Gasteiger partial charge in [-0.15, -0.1) is 0 Å². The van der Waals surface area contributed by atoms with Gasteiger partial charge in [-0.3, -0.25) is 4.79 Å². The fraction of sp³-hybridized carbons (Fsp3) is 0. The molecule has 0 unspecified atom stereocenters. The summed E-state index contributed by atoms with van der Waals surface area (Å²) in [7, 11) is 0. The number of amides is 1. The molecule has 0 saturated heterocycles. The molecule has 4 N–H and O–H groups in total. The molecule has 3 aromatic rings. The van der Waals surface area contributed by atoms with E-state index in [1.807, 2.05) is 6.07 Å². The summed E-state index contributed by atoms with van der Waals surface area (Å²) in [6.07, 6.45) is 1.67. The number of nitrogen functional groups attached to an aromatic ring is 1. The van der Waals surface area contributed by atoms with Crippen LogP contribution in [0.1, 0.15) is 10.4 Å². The van der Waals surface area contributed by atoms with E-state index in [4.69, 9.17) is 17.3 Å². The predicted molar refractivity (Wildman–Crippen MR) is 89.8 cm³/mol. The first-order valence-electron chi connectivity index (χ1n) is 6.17. The molecular formula is C15H11BrClN3O. The second-order valence-electron chi connectivity index (χ2n) is 4.59. The molecule has 0 aliphatic carbocycles. The maximum absolute atomic E-state index is 12.4. The molecule has 0 aliphatic heterocycles. The van der Waals surface area contributed by atoms with Crippen LogP contribution in [-0.4, -0.2) is 10.9 Å². The number of anilines is 2. The lowest BCUT2D eigenvalue weighted by Gasteiger charge is -2.06. The first-order valence-corrected chi connectivity index (χ1v) is 7.35. The van der Waals surface area contributed by atoms with Gasteiger partial charge in [0, 0.05) is 32.9 Å². The van der Waals surface area contributed by atoms with Crippen molar-refractivity contribution in [3.8, 4) is 0 Å². The van der Waals surface area contributed by atoms with E-state index in [2.05, 4.69) is 26.2 Å². The minimum absolute atomic E-state index is 0.217. The first-order chi connectivity index (χ1) is 10.0. The zero-order chi connectivity index (χ0) is 15.0. The van der Waals surface area contributed by atoms with Gasteiger partial charge in [-0.25, -0.2) is 0 Å². The molecule has 21 heavy (non-hydrogen) atoms. The van der Waals surface area contributed by atoms with Gasteiger partial charge in [0.2, 0.25) is 0 Å². The van der Waals surface area contributed by atoms with Crippen molar-refractivity contribution >= 4 is 55.7 Å². The van der Waals surface area contributed by atoms with Crippen LogP contribution in [0, 0.1) is 0 Å². The van der Waals surface area contributed by atoms with E-state index in [0.29, 0.717) is 22.0 Å². The fourth-order valence-electron chi connectivity index (χ4n) is 2.10. The maximum Gasteiger partial charge on any atom is 0.257 e.